The van der Waals surface area contributed by atoms with Gasteiger partial charge < -0.3 is 19.0 Å². The zero-order valence-electron chi connectivity index (χ0n) is 25.8. The minimum absolute atomic E-state index is 0.123. The summed E-state index contributed by atoms with van der Waals surface area (Å²) in [6.45, 7) is 9.85. The van der Waals surface area contributed by atoms with Crippen molar-refractivity contribution in [2.45, 2.75) is 36.9 Å². The molecular weight excluding hydrogens is 658 g/mol. The molecule has 47 heavy (non-hydrogen) atoms. The molecule has 5 aromatic rings. The maximum absolute atomic E-state index is 13.9. The Hall–Kier alpha value is -4.65. The number of hydrogen-bond acceptors (Lipinski definition) is 10. The van der Waals surface area contributed by atoms with Crippen molar-refractivity contribution < 1.29 is 24.2 Å². The Kier molecular flexibility index (Phi) is 9.35. The molecule has 1 saturated heterocycles. The molecule has 0 bridgehead atoms. The minimum atomic E-state index is -1.07. The Bertz CT molecular complexity index is 2060. The van der Waals surface area contributed by atoms with E-state index in [2.05, 4.69) is 21.8 Å². The number of thioether (sulfide) groups is 1. The van der Waals surface area contributed by atoms with Gasteiger partial charge in [-0.2, -0.15) is 0 Å². The molecule has 1 amide bonds. The fourth-order valence-corrected chi connectivity index (χ4v) is 7.52. The van der Waals surface area contributed by atoms with Gasteiger partial charge >= 0.3 is 5.91 Å². The number of benzene rings is 2. The lowest BCUT2D eigenvalue weighted by atomic mass is 9.96. The second-order valence-electron chi connectivity index (χ2n) is 10.6. The van der Waals surface area contributed by atoms with Crippen LogP contribution in [0, 0.1) is 13.8 Å². The zero-order chi connectivity index (χ0) is 33.2. The normalized spacial score (nSPS) is 15.8. The number of fused-ring (bicyclic) bond motifs is 1. The van der Waals surface area contributed by atoms with Crippen molar-refractivity contribution in [2.24, 2.45) is 0 Å². The van der Waals surface area contributed by atoms with Gasteiger partial charge in [-0.3, -0.25) is 14.5 Å². The highest BCUT2D eigenvalue weighted by atomic mass is 35.5. The van der Waals surface area contributed by atoms with Gasteiger partial charge in [0.15, 0.2) is 21.6 Å². The van der Waals surface area contributed by atoms with Crippen LogP contribution in [0.15, 0.2) is 83.4 Å². The SMILES string of the molecule is C=CCOc1ccc(C2C(=C(O)c3nc4c(C)cccn4c3C)C(=O)C(=O)N2c2nnc(SCc3ccccc3Cl)s2)cc1OCC. The number of hydrogen-bond donors (Lipinski definition) is 1. The summed E-state index contributed by atoms with van der Waals surface area (Å²) in [5.41, 5.74) is 3.63. The lowest BCUT2D eigenvalue weighted by Crippen LogP contribution is -2.29. The van der Waals surface area contributed by atoms with Crippen LogP contribution in [0.3, 0.4) is 0 Å². The number of halogens is 1. The fourth-order valence-electron chi connectivity index (χ4n) is 5.36. The average molecular weight is 688 g/mol. The largest absolute Gasteiger partial charge is 0.505 e. The van der Waals surface area contributed by atoms with Gasteiger partial charge in [-0.15, -0.1) is 10.2 Å². The van der Waals surface area contributed by atoms with E-state index < -0.39 is 17.7 Å². The van der Waals surface area contributed by atoms with Crippen LogP contribution in [0.4, 0.5) is 5.13 Å². The van der Waals surface area contributed by atoms with Gasteiger partial charge in [-0.05, 0) is 61.7 Å². The number of aliphatic hydroxyl groups excluding tert-OH is 1. The van der Waals surface area contributed by atoms with E-state index in [1.54, 1.807) is 31.2 Å². The van der Waals surface area contributed by atoms with Gasteiger partial charge in [-0.1, -0.05) is 77.7 Å². The molecule has 0 aliphatic carbocycles. The lowest BCUT2D eigenvalue weighted by Gasteiger charge is -2.23. The third-order valence-electron chi connectivity index (χ3n) is 7.60. The van der Waals surface area contributed by atoms with Gasteiger partial charge in [-0.25, -0.2) is 4.98 Å². The predicted molar refractivity (Wildman–Crippen MR) is 184 cm³/mol. The Balaban J connectivity index is 1.47. The standard InChI is InChI=1S/C34H30ClN5O5S2/c1-5-16-45-24-14-13-21(17-25(24)44-6-2)28-26(29(41)27-20(4)39-15-9-10-19(3)31(39)36-27)30(42)32(43)40(28)33-37-38-34(47-33)46-18-22-11-7-8-12-23(22)35/h5,7-15,17,28,41H,1,6,16,18H2,2-4H3. The summed E-state index contributed by atoms with van der Waals surface area (Å²) in [5, 5.41) is 21.3. The van der Waals surface area contributed by atoms with Gasteiger partial charge in [0.25, 0.3) is 5.78 Å². The monoisotopic (exact) mass is 687 g/mol. The van der Waals surface area contributed by atoms with Crippen LogP contribution in [0.2, 0.25) is 5.02 Å². The number of ketones is 1. The van der Waals surface area contributed by atoms with Crippen molar-refractivity contribution in [3.8, 4) is 11.5 Å². The lowest BCUT2D eigenvalue weighted by molar-refractivity contribution is -0.132. The molecule has 1 aliphatic rings. The van der Waals surface area contributed by atoms with Crippen molar-refractivity contribution in [1.29, 1.82) is 0 Å². The Morgan fingerprint density at radius 3 is 2.66 bits per heavy atom. The first kappa shape index (κ1) is 32.3. The molecule has 1 fully saturated rings. The van der Waals surface area contributed by atoms with Crippen molar-refractivity contribution in [3.63, 3.8) is 0 Å². The number of pyridine rings is 1. The summed E-state index contributed by atoms with van der Waals surface area (Å²) in [5.74, 6) is -0.700. The first-order valence-corrected chi connectivity index (χ1v) is 16.9. The molecule has 3 aromatic heterocycles. The highest BCUT2D eigenvalue weighted by Crippen LogP contribution is 2.46. The molecule has 1 atom stereocenters. The van der Waals surface area contributed by atoms with E-state index in [-0.39, 0.29) is 28.8 Å². The second-order valence-corrected chi connectivity index (χ2v) is 13.2. The molecule has 1 unspecified atom stereocenters. The fraction of sp³-hybridized carbons (Fsp3) is 0.206. The van der Waals surface area contributed by atoms with Gasteiger partial charge in [0.1, 0.15) is 17.9 Å². The van der Waals surface area contributed by atoms with Crippen LogP contribution < -0.4 is 14.4 Å². The minimum Gasteiger partial charge on any atom is -0.505 e. The van der Waals surface area contributed by atoms with E-state index in [0.29, 0.717) is 50.1 Å². The number of rotatable bonds is 11. The van der Waals surface area contributed by atoms with Crippen LogP contribution >= 0.6 is 34.7 Å². The Labute approximate surface area is 284 Å². The summed E-state index contributed by atoms with van der Waals surface area (Å²) in [6.07, 6.45) is 3.45. The zero-order valence-corrected chi connectivity index (χ0v) is 28.2. The third-order valence-corrected chi connectivity index (χ3v) is 10.1. The highest BCUT2D eigenvalue weighted by Gasteiger charge is 2.49. The Morgan fingerprint density at radius 1 is 1.11 bits per heavy atom. The topological polar surface area (TPSA) is 119 Å². The van der Waals surface area contributed by atoms with Gasteiger partial charge in [0.2, 0.25) is 5.13 Å². The molecule has 0 spiro atoms. The molecule has 2 aromatic carbocycles. The van der Waals surface area contributed by atoms with E-state index in [0.717, 1.165) is 11.1 Å². The van der Waals surface area contributed by atoms with E-state index >= 15 is 0 Å². The number of carbonyl (C=O) groups is 2. The second kappa shape index (κ2) is 13.6. The molecule has 0 radical (unpaired) electrons. The summed E-state index contributed by atoms with van der Waals surface area (Å²) in [4.78, 5) is 33.7. The number of nitrogens with zero attached hydrogens (tertiary/aromatic N) is 5. The van der Waals surface area contributed by atoms with Crippen molar-refractivity contribution in [3.05, 3.63) is 112 Å². The molecule has 1 N–H and O–H groups in total. The highest BCUT2D eigenvalue weighted by molar-refractivity contribution is 8.00. The average Bonchev–Trinajstić information content (AvgIpc) is 3.75. The van der Waals surface area contributed by atoms with Crippen molar-refractivity contribution >= 4 is 62.9 Å². The molecule has 10 nitrogen and oxygen atoms in total. The molecule has 0 saturated carbocycles. The van der Waals surface area contributed by atoms with Crippen LogP contribution in [0.25, 0.3) is 11.4 Å². The van der Waals surface area contributed by atoms with Crippen LogP contribution in [0.1, 0.15) is 41.0 Å². The molecule has 240 valence electrons. The van der Waals surface area contributed by atoms with Crippen LogP contribution in [-0.2, 0) is 15.3 Å². The first-order valence-electron chi connectivity index (χ1n) is 14.7. The molecule has 4 heterocycles. The number of aromatic nitrogens is 4. The number of carbonyl (C=O) groups excluding carboxylic acids is 2. The number of aryl methyl sites for hydroxylation is 2. The number of aliphatic hydroxyl groups is 1. The number of amides is 1. The van der Waals surface area contributed by atoms with E-state index in [9.17, 15) is 14.7 Å². The smallest absolute Gasteiger partial charge is 0.301 e. The van der Waals surface area contributed by atoms with E-state index in [4.69, 9.17) is 21.1 Å². The van der Waals surface area contributed by atoms with Crippen molar-refractivity contribution in [1.82, 2.24) is 19.6 Å². The first-order chi connectivity index (χ1) is 22.7. The third kappa shape index (κ3) is 6.11. The summed E-state index contributed by atoms with van der Waals surface area (Å²) >= 11 is 8.92. The summed E-state index contributed by atoms with van der Waals surface area (Å²) in [6, 6.07) is 15.4. The number of Topliss-reactive ketones (excluding diaryl/α,β-unsaturated/α-hetero) is 1. The summed E-state index contributed by atoms with van der Waals surface area (Å²) in [7, 11) is 0. The van der Waals surface area contributed by atoms with Crippen LogP contribution in [0.5, 0.6) is 11.5 Å². The summed E-state index contributed by atoms with van der Waals surface area (Å²) < 4.78 is 14.1. The maximum Gasteiger partial charge on any atom is 0.301 e. The molecular formula is C34H30ClN5O5S2. The van der Waals surface area contributed by atoms with Gasteiger partial charge in [0, 0.05) is 17.0 Å². The predicted octanol–water partition coefficient (Wildman–Crippen LogP) is 7.34. The number of ether oxygens (including phenoxy) is 2. The van der Waals surface area contributed by atoms with E-state index in [1.165, 1.54) is 28.0 Å². The maximum atomic E-state index is 13.9. The number of imidazole rings is 1. The number of anilines is 1. The van der Waals surface area contributed by atoms with Crippen molar-refractivity contribution in [2.75, 3.05) is 18.1 Å². The van der Waals surface area contributed by atoms with Gasteiger partial charge in [0.05, 0.1) is 23.9 Å². The molecule has 13 heteroatoms. The Morgan fingerprint density at radius 2 is 1.91 bits per heavy atom. The quantitative estimate of drug-likeness (QED) is 0.0380. The molecule has 1 aliphatic heterocycles. The van der Waals surface area contributed by atoms with E-state index in [1.807, 2.05) is 60.8 Å². The van der Waals surface area contributed by atoms with Crippen LogP contribution in [-0.4, -0.2) is 49.6 Å². The molecule has 6 rings (SSSR count).